The summed E-state index contributed by atoms with van der Waals surface area (Å²) in [7, 11) is -5.00. The lowest BCUT2D eigenvalue weighted by Gasteiger charge is -2.22. The lowest BCUT2D eigenvalue weighted by molar-refractivity contribution is -0.121. The van der Waals surface area contributed by atoms with Gasteiger partial charge in [0, 0.05) is 12.6 Å². The zero-order chi connectivity index (χ0) is 31.6. The zero-order valence-corrected chi connectivity index (χ0v) is 25.7. The lowest BCUT2D eigenvalue weighted by atomic mass is 10.1. The summed E-state index contributed by atoms with van der Waals surface area (Å²) in [5.74, 6) is 0.490. The van der Waals surface area contributed by atoms with Gasteiger partial charge in [-0.15, -0.1) is 0 Å². The third kappa shape index (κ3) is 8.54. The van der Waals surface area contributed by atoms with E-state index in [-0.39, 0.29) is 34.4 Å². The molecule has 0 saturated carbocycles. The number of nitrogens with one attached hydrogen (secondary N) is 2. The first-order chi connectivity index (χ1) is 21.1. The topological polar surface area (TPSA) is 157 Å². The van der Waals surface area contributed by atoms with E-state index in [9.17, 15) is 21.6 Å². The highest BCUT2D eigenvalue weighted by Crippen LogP contribution is 2.30. The summed E-state index contributed by atoms with van der Waals surface area (Å²) in [6, 6.07) is 24.6. The number of nitrogens with zero attached hydrogens (tertiary/aromatic N) is 2. The first kappa shape index (κ1) is 32.4. The van der Waals surface area contributed by atoms with Crippen LogP contribution in [0.4, 0.5) is 0 Å². The van der Waals surface area contributed by atoms with Crippen molar-refractivity contribution in [2.24, 2.45) is 5.10 Å². The van der Waals surface area contributed by atoms with E-state index < -0.39 is 32.5 Å². The summed E-state index contributed by atoms with van der Waals surface area (Å²) in [6.45, 7) is -0.578. The predicted molar refractivity (Wildman–Crippen MR) is 163 cm³/mol. The number of carbonyl (C=O) groups is 1. The molecule has 0 fully saturated rings. The van der Waals surface area contributed by atoms with Crippen LogP contribution < -0.4 is 19.6 Å². The Labute approximate surface area is 256 Å². The van der Waals surface area contributed by atoms with Crippen molar-refractivity contribution in [3.63, 3.8) is 0 Å². The Bertz CT molecular complexity index is 1790. The van der Waals surface area contributed by atoms with Crippen molar-refractivity contribution in [3.8, 4) is 11.5 Å². The molecule has 4 aromatic rings. The molecule has 0 atom stereocenters. The molecule has 1 amide bonds. The first-order valence-electron chi connectivity index (χ1n) is 13.3. The van der Waals surface area contributed by atoms with Gasteiger partial charge in [0.2, 0.25) is 20.0 Å². The second-order valence-electron chi connectivity index (χ2n) is 9.33. The van der Waals surface area contributed by atoms with Gasteiger partial charge in [0.25, 0.3) is 5.91 Å². The fraction of sp³-hybridized carbons (Fsp3) is 0.200. The average molecular weight is 641 g/mol. The summed E-state index contributed by atoms with van der Waals surface area (Å²) >= 11 is 0. The Balaban J connectivity index is 1.41. The van der Waals surface area contributed by atoms with Crippen LogP contribution in [0, 0.1) is 0 Å². The van der Waals surface area contributed by atoms with Gasteiger partial charge in [-0.25, -0.2) is 27.0 Å². The average Bonchev–Trinajstić information content (AvgIpc) is 3.50. The van der Waals surface area contributed by atoms with E-state index >= 15 is 0 Å². The normalized spacial score (nSPS) is 12.0. The molecular weight excluding hydrogens is 608 g/mol. The molecule has 4 rings (SSSR count). The van der Waals surface area contributed by atoms with Crippen LogP contribution in [0.3, 0.4) is 0 Å². The summed E-state index contributed by atoms with van der Waals surface area (Å²) < 4.78 is 71.6. The second-order valence-corrected chi connectivity index (χ2v) is 13.0. The Morgan fingerprint density at radius 1 is 0.864 bits per heavy atom. The number of rotatable bonds is 15. The van der Waals surface area contributed by atoms with Gasteiger partial charge >= 0.3 is 0 Å². The summed E-state index contributed by atoms with van der Waals surface area (Å²) in [6.07, 6.45) is 1.59. The number of hydrazone groups is 1. The van der Waals surface area contributed by atoms with Crippen LogP contribution in [0.1, 0.15) is 17.1 Å². The van der Waals surface area contributed by atoms with Crippen molar-refractivity contribution in [2.45, 2.75) is 22.8 Å². The van der Waals surface area contributed by atoms with E-state index in [2.05, 4.69) is 15.2 Å². The van der Waals surface area contributed by atoms with Crippen LogP contribution in [0.5, 0.6) is 11.5 Å². The number of hydrogen-bond donors (Lipinski definition) is 2. The van der Waals surface area contributed by atoms with Crippen molar-refractivity contribution in [1.82, 2.24) is 14.5 Å². The van der Waals surface area contributed by atoms with Gasteiger partial charge in [0.1, 0.15) is 11.5 Å². The van der Waals surface area contributed by atoms with Crippen molar-refractivity contribution >= 4 is 32.2 Å². The van der Waals surface area contributed by atoms with Crippen molar-refractivity contribution < 1.29 is 35.5 Å². The number of sulfonamides is 2. The number of benzene rings is 3. The van der Waals surface area contributed by atoms with E-state index in [0.29, 0.717) is 17.9 Å². The number of carbonyl (C=O) groups excluding carboxylic acids is 1. The van der Waals surface area contributed by atoms with Gasteiger partial charge in [0.05, 0.1) is 43.3 Å². The molecule has 0 bridgehead atoms. The summed E-state index contributed by atoms with van der Waals surface area (Å²) in [4.78, 5) is 12.9. The molecule has 0 aliphatic rings. The number of hydrogen-bond acceptors (Lipinski definition) is 9. The number of furan rings is 1. The van der Waals surface area contributed by atoms with Gasteiger partial charge in [0.15, 0.2) is 11.5 Å². The molecule has 0 radical (unpaired) electrons. The maximum absolute atomic E-state index is 13.6. The Hall–Kier alpha value is -4.50. The Morgan fingerprint density at radius 2 is 1.55 bits per heavy atom. The molecule has 232 valence electrons. The van der Waals surface area contributed by atoms with Crippen molar-refractivity contribution in [3.05, 3.63) is 108 Å². The first-order valence-corrected chi connectivity index (χ1v) is 16.3. The van der Waals surface area contributed by atoms with Gasteiger partial charge in [-0.05, 0) is 48.4 Å². The van der Waals surface area contributed by atoms with Crippen LogP contribution in [0.2, 0.25) is 0 Å². The minimum Gasteiger partial charge on any atom is -0.493 e. The van der Waals surface area contributed by atoms with Gasteiger partial charge in [-0.3, -0.25) is 4.79 Å². The third-order valence-electron chi connectivity index (χ3n) is 6.36. The van der Waals surface area contributed by atoms with Crippen LogP contribution in [0.15, 0.2) is 110 Å². The molecule has 0 spiro atoms. The summed E-state index contributed by atoms with van der Waals surface area (Å²) in [5.41, 5.74) is 3.22. The fourth-order valence-electron chi connectivity index (χ4n) is 4.08. The van der Waals surface area contributed by atoms with E-state index in [1.807, 2.05) is 30.3 Å². The molecule has 44 heavy (non-hydrogen) atoms. The third-order valence-corrected chi connectivity index (χ3v) is 9.62. The molecule has 1 heterocycles. The van der Waals surface area contributed by atoms with Crippen molar-refractivity contribution in [1.29, 1.82) is 0 Å². The number of ether oxygens (including phenoxy) is 2. The highest BCUT2D eigenvalue weighted by atomic mass is 32.2. The Morgan fingerprint density at radius 3 is 2.23 bits per heavy atom. The van der Waals surface area contributed by atoms with Gasteiger partial charge < -0.3 is 13.9 Å². The molecule has 14 heteroatoms. The van der Waals surface area contributed by atoms with Gasteiger partial charge in [-0.2, -0.15) is 9.41 Å². The lowest BCUT2D eigenvalue weighted by Crippen LogP contribution is -2.40. The minimum absolute atomic E-state index is 0.0261. The van der Waals surface area contributed by atoms with Crippen molar-refractivity contribution in [2.75, 3.05) is 27.3 Å². The van der Waals surface area contributed by atoms with Crippen LogP contribution in [-0.4, -0.2) is 60.6 Å². The minimum atomic E-state index is -4.13. The quantitative estimate of drug-likeness (QED) is 0.148. The smallest absolute Gasteiger partial charge is 0.255 e. The van der Waals surface area contributed by atoms with E-state index in [1.54, 1.807) is 30.3 Å². The molecule has 0 unspecified atom stereocenters. The van der Waals surface area contributed by atoms with E-state index in [0.717, 1.165) is 9.87 Å². The Kier molecular flexibility index (Phi) is 10.9. The molecule has 0 aliphatic heterocycles. The van der Waals surface area contributed by atoms with E-state index in [1.165, 1.54) is 50.8 Å². The largest absolute Gasteiger partial charge is 0.493 e. The molecule has 1 aromatic heterocycles. The standard InChI is InChI=1S/C30H32N4O8S2/c1-40-28-16-15-27(19-29(28)41-2)44(38,39)34(18-17-23-9-5-3-6-10-23)22-30(35)33-31-20-24-13-14-25(42-24)21-32-43(36,37)26-11-7-4-8-12-26/h3-16,19-20,32H,17-18,21-22H2,1-2H3,(H,33,35)/b31-20-. The van der Waals surface area contributed by atoms with Gasteiger partial charge in [-0.1, -0.05) is 48.5 Å². The highest BCUT2D eigenvalue weighted by molar-refractivity contribution is 7.89. The molecule has 0 saturated heterocycles. The molecule has 12 nitrogen and oxygen atoms in total. The molecule has 2 N–H and O–H groups in total. The predicted octanol–water partition coefficient (Wildman–Crippen LogP) is 3.16. The highest BCUT2D eigenvalue weighted by Gasteiger charge is 2.28. The van der Waals surface area contributed by atoms with Crippen LogP contribution in [0.25, 0.3) is 0 Å². The fourth-order valence-corrected chi connectivity index (χ4v) is 6.51. The zero-order valence-electron chi connectivity index (χ0n) is 24.0. The second kappa shape index (κ2) is 14.8. The number of methoxy groups -OCH3 is 2. The molecule has 0 aliphatic carbocycles. The van der Waals surface area contributed by atoms with E-state index in [4.69, 9.17) is 13.9 Å². The van der Waals surface area contributed by atoms with Crippen LogP contribution in [-0.2, 0) is 37.8 Å². The number of amides is 1. The summed E-state index contributed by atoms with van der Waals surface area (Å²) in [5, 5.41) is 3.87. The monoisotopic (exact) mass is 640 g/mol. The molecule has 3 aromatic carbocycles. The van der Waals surface area contributed by atoms with Crippen LogP contribution >= 0.6 is 0 Å². The maximum atomic E-state index is 13.6. The SMILES string of the molecule is COc1ccc(S(=O)(=O)N(CCc2ccccc2)CC(=O)N/N=C\c2ccc(CNS(=O)(=O)c3ccccc3)o2)cc1OC. The molecular formula is C30H32N4O8S2. The maximum Gasteiger partial charge on any atom is 0.255 e.